The Bertz CT molecular complexity index is 837. The second-order valence-electron chi connectivity index (χ2n) is 5.81. The molecule has 7 nitrogen and oxygen atoms in total. The summed E-state index contributed by atoms with van der Waals surface area (Å²) in [5.41, 5.74) is 1.29. The van der Waals surface area contributed by atoms with Crippen LogP contribution in [0.1, 0.15) is 12.5 Å². The van der Waals surface area contributed by atoms with Crippen LogP contribution in [0.25, 0.3) is 0 Å². The maximum Gasteiger partial charge on any atom is 0.250 e. The fourth-order valence-corrected chi connectivity index (χ4v) is 2.77. The summed E-state index contributed by atoms with van der Waals surface area (Å²) in [4.78, 5) is 14.3. The molecular formula is C21H25NO6. The molecule has 28 heavy (non-hydrogen) atoms. The van der Waals surface area contributed by atoms with Crippen molar-refractivity contribution in [3.05, 3.63) is 48.0 Å². The Morgan fingerprint density at radius 1 is 0.964 bits per heavy atom. The predicted octanol–water partition coefficient (Wildman–Crippen LogP) is 3.54. The van der Waals surface area contributed by atoms with Crippen molar-refractivity contribution >= 4 is 11.6 Å². The van der Waals surface area contributed by atoms with Crippen LogP contribution in [-0.4, -0.2) is 39.5 Å². The third kappa shape index (κ3) is 4.49. The Labute approximate surface area is 164 Å². The van der Waals surface area contributed by atoms with Gasteiger partial charge in [-0.1, -0.05) is 12.1 Å². The van der Waals surface area contributed by atoms with Crippen molar-refractivity contribution in [2.24, 2.45) is 0 Å². The highest BCUT2D eigenvalue weighted by Gasteiger charge is 2.20. The first-order valence-electron chi connectivity index (χ1n) is 8.59. The van der Waals surface area contributed by atoms with Crippen LogP contribution in [0.3, 0.4) is 0 Å². The first-order chi connectivity index (χ1) is 13.5. The number of carbonyl (C=O) groups excluding carboxylic acids is 1. The Morgan fingerprint density at radius 3 is 2.04 bits per heavy atom. The molecule has 0 saturated heterocycles. The minimum absolute atomic E-state index is 0.00308. The normalized spacial score (nSPS) is 10.6. The van der Waals surface area contributed by atoms with Gasteiger partial charge in [0.25, 0.3) is 5.91 Å². The van der Waals surface area contributed by atoms with Crippen LogP contribution in [0, 0.1) is 0 Å². The lowest BCUT2D eigenvalue weighted by atomic mass is 10.1. The van der Waals surface area contributed by atoms with Crippen LogP contribution >= 0.6 is 0 Å². The molecule has 0 aromatic heterocycles. The molecule has 0 unspecified atom stereocenters. The number of anilines is 1. The molecule has 0 heterocycles. The van der Waals surface area contributed by atoms with Crippen molar-refractivity contribution in [3.63, 3.8) is 0 Å². The van der Waals surface area contributed by atoms with Crippen molar-refractivity contribution in [1.82, 2.24) is 0 Å². The monoisotopic (exact) mass is 387 g/mol. The van der Waals surface area contributed by atoms with E-state index in [-0.39, 0.29) is 18.2 Å². The van der Waals surface area contributed by atoms with Crippen LogP contribution < -0.4 is 23.8 Å². The Kier molecular flexibility index (Phi) is 7.14. The molecular weight excluding hydrogens is 362 g/mol. The second kappa shape index (κ2) is 9.55. The molecule has 2 aromatic rings. The number of amides is 1. The third-order valence-electron chi connectivity index (χ3n) is 4.12. The number of rotatable bonds is 8. The Balaban J connectivity index is 2.52. The maximum absolute atomic E-state index is 12.7. The van der Waals surface area contributed by atoms with Gasteiger partial charge in [0.2, 0.25) is 5.75 Å². The van der Waals surface area contributed by atoms with Crippen LogP contribution in [0.15, 0.2) is 42.5 Å². The first-order valence-corrected chi connectivity index (χ1v) is 8.59. The minimum atomic E-state index is -0.230. The topological polar surface area (TPSA) is 77.5 Å². The van der Waals surface area contributed by atoms with Gasteiger partial charge in [-0.05, 0) is 30.7 Å². The zero-order valence-corrected chi connectivity index (χ0v) is 16.7. The van der Waals surface area contributed by atoms with Gasteiger partial charge >= 0.3 is 0 Å². The summed E-state index contributed by atoms with van der Waals surface area (Å²) in [5.74, 6) is 1.45. The number of carbonyl (C=O) groups is 1. The fraction of sp³-hybridized carbons (Fsp3) is 0.286. The van der Waals surface area contributed by atoms with Gasteiger partial charge in [-0.3, -0.25) is 4.79 Å². The van der Waals surface area contributed by atoms with E-state index in [4.69, 9.17) is 18.9 Å². The molecule has 0 fully saturated rings. The SMILES string of the molecule is C/C=C/C(=O)N(Cc1ccc(OC)c(O)c1)c1cc(OC)c(OC)c(OC)c1. The standard InChI is InChI=1S/C21H25NO6/c1-6-7-20(24)22(13-14-8-9-17(25-2)16(23)10-14)15-11-18(26-3)21(28-5)19(12-15)27-4/h6-12,23H,13H2,1-5H3/b7-6+. The van der Waals surface area contributed by atoms with Gasteiger partial charge in [0.15, 0.2) is 23.0 Å². The van der Waals surface area contributed by atoms with Crippen LogP contribution in [0.5, 0.6) is 28.7 Å². The van der Waals surface area contributed by atoms with E-state index < -0.39 is 0 Å². The quantitative estimate of drug-likeness (QED) is 0.698. The summed E-state index contributed by atoms with van der Waals surface area (Å²) < 4.78 is 21.2. The van der Waals surface area contributed by atoms with Gasteiger partial charge in [0.05, 0.1) is 40.7 Å². The molecule has 0 saturated carbocycles. The number of phenolic OH excluding ortho intramolecular Hbond substituents is 1. The van der Waals surface area contributed by atoms with E-state index in [2.05, 4.69) is 0 Å². The number of hydrogen-bond donors (Lipinski definition) is 1. The number of methoxy groups -OCH3 is 4. The highest BCUT2D eigenvalue weighted by molar-refractivity contribution is 6.01. The third-order valence-corrected chi connectivity index (χ3v) is 4.12. The lowest BCUT2D eigenvalue weighted by Gasteiger charge is -2.24. The van der Waals surface area contributed by atoms with Gasteiger partial charge in [-0.15, -0.1) is 0 Å². The largest absolute Gasteiger partial charge is 0.504 e. The number of hydrogen-bond acceptors (Lipinski definition) is 6. The number of benzene rings is 2. The minimum Gasteiger partial charge on any atom is -0.504 e. The zero-order valence-electron chi connectivity index (χ0n) is 16.7. The van der Waals surface area contributed by atoms with Gasteiger partial charge < -0.3 is 29.0 Å². The number of aromatic hydroxyl groups is 1. The first kappa shape index (κ1) is 21.0. The number of ether oxygens (including phenoxy) is 4. The summed E-state index contributed by atoms with van der Waals surface area (Å²) >= 11 is 0. The van der Waals surface area contributed by atoms with Gasteiger partial charge in [0, 0.05) is 12.1 Å². The zero-order chi connectivity index (χ0) is 20.7. The van der Waals surface area contributed by atoms with Gasteiger partial charge in [-0.25, -0.2) is 0 Å². The average Bonchev–Trinajstić information content (AvgIpc) is 2.71. The van der Waals surface area contributed by atoms with E-state index in [0.717, 1.165) is 5.56 Å². The van der Waals surface area contributed by atoms with Gasteiger partial charge in [-0.2, -0.15) is 0 Å². The summed E-state index contributed by atoms with van der Waals surface area (Å²) in [6.07, 6.45) is 3.13. The van der Waals surface area contributed by atoms with E-state index in [9.17, 15) is 9.90 Å². The van der Waals surface area contributed by atoms with Crippen LogP contribution in [0.2, 0.25) is 0 Å². The molecule has 0 bridgehead atoms. The maximum atomic E-state index is 12.7. The predicted molar refractivity (Wildman–Crippen MR) is 107 cm³/mol. The van der Waals surface area contributed by atoms with Crippen molar-refractivity contribution in [3.8, 4) is 28.7 Å². The van der Waals surface area contributed by atoms with Gasteiger partial charge in [0.1, 0.15) is 0 Å². The van der Waals surface area contributed by atoms with E-state index in [1.165, 1.54) is 34.5 Å². The molecule has 0 aliphatic carbocycles. The molecule has 0 aliphatic rings. The highest BCUT2D eigenvalue weighted by atomic mass is 16.5. The Morgan fingerprint density at radius 2 is 1.57 bits per heavy atom. The molecule has 1 N–H and O–H groups in total. The lowest BCUT2D eigenvalue weighted by molar-refractivity contribution is -0.114. The molecule has 0 spiro atoms. The van der Waals surface area contributed by atoms with Crippen molar-refractivity contribution in [1.29, 1.82) is 0 Å². The number of nitrogens with zero attached hydrogens (tertiary/aromatic N) is 1. The molecule has 0 radical (unpaired) electrons. The summed E-state index contributed by atoms with van der Waals surface area (Å²) in [7, 11) is 6.02. The average molecular weight is 387 g/mol. The van der Waals surface area contributed by atoms with E-state index >= 15 is 0 Å². The summed E-state index contributed by atoms with van der Waals surface area (Å²) in [5, 5.41) is 10.1. The summed E-state index contributed by atoms with van der Waals surface area (Å²) in [6.45, 7) is 1.99. The van der Waals surface area contributed by atoms with Crippen LogP contribution in [0.4, 0.5) is 5.69 Å². The molecule has 150 valence electrons. The summed E-state index contributed by atoms with van der Waals surface area (Å²) in [6, 6.07) is 8.40. The molecule has 1 amide bonds. The van der Waals surface area contributed by atoms with Crippen molar-refractivity contribution < 1.29 is 28.8 Å². The smallest absolute Gasteiger partial charge is 0.250 e. The molecule has 7 heteroatoms. The van der Waals surface area contributed by atoms with Crippen LogP contribution in [-0.2, 0) is 11.3 Å². The van der Waals surface area contributed by atoms with E-state index in [1.807, 2.05) is 0 Å². The lowest BCUT2D eigenvalue weighted by Crippen LogP contribution is -2.28. The second-order valence-corrected chi connectivity index (χ2v) is 5.81. The van der Waals surface area contributed by atoms with E-state index in [0.29, 0.717) is 28.7 Å². The van der Waals surface area contributed by atoms with Crippen molar-refractivity contribution in [2.75, 3.05) is 33.3 Å². The number of phenols is 1. The number of allylic oxidation sites excluding steroid dienone is 1. The molecule has 0 atom stereocenters. The molecule has 2 rings (SSSR count). The molecule has 0 aliphatic heterocycles. The fourth-order valence-electron chi connectivity index (χ4n) is 2.77. The van der Waals surface area contributed by atoms with Crippen molar-refractivity contribution in [2.45, 2.75) is 13.5 Å². The Hall–Kier alpha value is -3.35. The highest BCUT2D eigenvalue weighted by Crippen LogP contribution is 2.41. The molecule has 2 aromatic carbocycles. The van der Waals surface area contributed by atoms with E-state index in [1.54, 1.807) is 48.2 Å².